The van der Waals surface area contributed by atoms with Crippen LogP contribution in [0.1, 0.15) is 5.56 Å². The van der Waals surface area contributed by atoms with Gasteiger partial charge in [0.15, 0.2) is 14.7 Å². The van der Waals surface area contributed by atoms with Crippen molar-refractivity contribution in [2.75, 3.05) is 57.0 Å². The summed E-state index contributed by atoms with van der Waals surface area (Å²) in [7, 11) is 8.31. The largest absolute Gasteiger partial charge is 0.378 e. The van der Waals surface area contributed by atoms with Gasteiger partial charge in [-0.05, 0) is 91.9 Å². The van der Waals surface area contributed by atoms with Crippen LogP contribution < -0.4 is 14.7 Å². The maximum absolute atomic E-state index is 10.5. The summed E-state index contributed by atoms with van der Waals surface area (Å²) in [6, 6.07) is 32.8. The van der Waals surface area contributed by atoms with Gasteiger partial charge >= 0.3 is 0 Å². The molecular formula is C31H38N3O3S2+. The first-order valence-electron chi connectivity index (χ1n) is 12.5. The summed E-state index contributed by atoms with van der Waals surface area (Å²) in [4.78, 5) is 10.4. The summed E-state index contributed by atoms with van der Waals surface area (Å²) >= 11 is 0. The second kappa shape index (κ2) is 13.1. The zero-order valence-corrected chi connectivity index (χ0v) is 25.3. The Morgan fingerprint density at radius 2 is 0.795 bits per heavy atom. The van der Waals surface area contributed by atoms with Crippen LogP contribution in [0.4, 0.5) is 17.1 Å². The third-order valence-electron chi connectivity index (χ3n) is 6.09. The quantitative estimate of drug-likeness (QED) is 0.212. The first-order valence-corrected chi connectivity index (χ1v) is 15.1. The average molecular weight is 565 g/mol. The Labute approximate surface area is 236 Å². The van der Waals surface area contributed by atoms with Gasteiger partial charge in [0.05, 0.1) is 15.8 Å². The van der Waals surface area contributed by atoms with E-state index in [0.717, 1.165) is 5.56 Å². The van der Waals surface area contributed by atoms with Crippen molar-refractivity contribution in [2.24, 2.45) is 0 Å². The van der Waals surface area contributed by atoms with E-state index in [1.54, 1.807) is 12.1 Å². The lowest BCUT2D eigenvalue weighted by Crippen LogP contribution is -2.11. The minimum absolute atomic E-state index is 0.0666. The van der Waals surface area contributed by atoms with Crippen molar-refractivity contribution in [3.63, 3.8) is 0 Å². The molecular weight excluding hydrogens is 526 g/mol. The number of hydrogen-bond donors (Lipinski definition) is 1. The highest BCUT2D eigenvalue weighted by molar-refractivity contribution is 7.97. The van der Waals surface area contributed by atoms with E-state index in [1.165, 1.54) is 43.9 Å². The van der Waals surface area contributed by atoms with Crippen LogP contribution in [0.2, 0.25) is 0 Å². The first kappa shape index (κ1) is 30.1. The molecule has 0 heterocycles. The highest BCUT2D eigenvalue weighted by Gasteiger charge is 2.29. The number of rotatable bonds is 7. The lowest BCUT2D eigenvalue weighted by molar-refractivity contribution is 0.483. The fourth-order valence-corrected chi connectivity index (χ4v) is 6.28. The second-order valence-corrected chi connectivity index (χ2v) is 13.2. The molecule has 0 fully saturated rings. The molecule has 0 atom stereocenters. The van der Waals surface area contributed by atoms with E-state index in [0.29, 0.717) is 0 Å². The van der Waals surface area contributed by atoms with E-state index >= 15 is 0 Å². The zero-order chi connectivity index (χ0) is 28.7. The number of benzene rings is 4. The van der Waals surface area contributed by atoms with Gasteiger partial charge in [-0.1, -0.05) is 17.7 Å². The molecule has 0 radical (unpaired) electrons. The Hall–Kier alpha value is -3.46. The van der Waals surface area contributed by atoms with Gasteiger partial charge < -0.3 is 14.7 Å². The van der Waals surface area contributed by atoms with Crippen LogP contribution in [-0.2, 0) is 21.0 Å². The summed E-state index contributed by atoms with van der Waals surface area (Å²) in [6.07, 6.45) is 0. The smallest absolute Gasteiger partial charge is 0.294 e. The third kappa shape index (κ3) is 8.26. The average Bonchev–Trinajstić information content (AvgIpc) is 2.90. The Bertz CT molecular complexity index is 1310. The molecule has 0 bridgehead atoms. The van der Waals surface area contributed by atoms with Crippen molar-refractivity contribution >= 4 is 38.1 Å². The molecule has 39 heavy (non-hydrogen) atoms. The Balaban J connectivity index is 0.000000320. The topological polar surface area (TPSA) is 64.1 Å². The second-order valence-electron chi connectivity index (χ2n) is 9.76. The molecule has 0 aliphatic heterocycles. The maximum Gasteiger partial charge on any atom is 0.294 e. The van der Waals surface area contributed by atoms with Crippen LogP contribution in [0, 0.1) is 6.92 Å². The SMILES string of the molecule is CN(C)c1ccc([S+](c2ccc(N(C)C)cc2)c2ccc(N(C)C)cc2)cc1.Cc1ccc(S(=O)(=O)O)cc1. The van der Waals surface area contributed by atoms with Crippen molar-refractivity contribution in [1.82, 2.24) is 0 Å². The molecule has 4 rings (SSSR count). The first-order chi connectivity index (χ1) is 18.4. The molecule has 0 unspecified atom stereocenters. The Morgan fingerprint density at radius 3 is 1.03 bits per heavy atom. The molecule has 8 heteroatoms. The van der Waals surface area contributed by atoms with E-state index in [4.69, 9.17) is 4.55 Å². The molecule has 0 amide bonds. The Kier molecular flexibility index (Phi) is 10.1. The summed E-state index contributed by atoms with van der Waals surface area (Å²) in [5.41, 5.74) is 4.62. The van der Waals surface area contributed by atoms with Gasteiger partial charge in [-0.25, -0.2) is 0 Å². The molecule has 4 aromatic carbocycles. The lowest BCUT2D eigenvalue weighted by atomic mass is 10.2. The van der Waals surface area contributed by atoms with Crippen LogP contribution in [0.25, 0.3) is 0 Å². The molecule has 0 aliphatic rings. The number of anilines is 3. The molecule has 6 nitrogen and oxygen atoms in total. The Morgan fingerprint density at radius 1 is 0.513 bits per heavy atom. The fraction of sp³-hybridized carbons (Fsp3) is 0.226. The molecule has 206 valence electrons. The molecule has 4 aromatic rings. The van der Waals surface area contributed by atoms with E-state index in [2.05, 4.69) is 130 Å². The number of nitrogens with zero attached hydrogens (tertiary/aromatic N) is 3. The van der Waals surface area contributed by atoms with Gasteiger partial charge in [0, 0.05) is 59.3 Å². The minimum atomic E-state index is -4.02. The van der Waals surface area contributed by atoms with Gasteiger partial charge in [0.1, 0.15) is 0 Å². The summed E-state index contributed by atoms with van der Waals surface area (Å²) in [5, 5.41) is 0. The zero-order valence-electron chi connectivity index (χ0n) is 23.7. The predicted octanol–water partition coefficient (Wildman–Crippen LogP) is 6.22. The number of hydrogen-bond acceptors (Lipinski definition) is 5. The molecule has 0 aliphatic carbocycles. The van der Waals surface area contributed by atoms with Crippen LogP contribution in [-0.4, -0.2) is 55.3 Å². The maximum atomic E-state index is 10.5. The normalized spacial score (nSPS) is 11.0. The standard InChI is InChI=1S/C24H30N3S.C7H8O3S/c1-25(2)19-7-13-22(14-8-19)28(23-15-9-20(10-16-23)26(3)4)24-17-11-21(12-18-24)27(5)6;1-6-2-4-7(5-3-6)11(8,9)10/h7-18H,1-6H3;2-5H,1H3,(H,8,9,10)/q+1;. The van der Waals surface area contributed by atoms with Crippen molar-refractivity contribution in [3.05, 3.63) is 103 Å². The molecule has 0 aromatic heterocycles. The predicted molar refractivity (Wildman–Crippen MR) is 165 cm³/mol. The fourth-order valence-electron chi connectivity index (χ4n) is 3.76. The van der Waals surface area contributed by atoms with E-state index < -0.39 is 10.1 Å². The monoisotopic (exact) mass is 564 g/mol. The van der Waals surface area contributed by atoms with Gasteiger partial charge in [-0.2, -0.15) is 8.42 Å². The van der Waals surface area contributed by atoms with Crippen molar-refractivity contribution in [3.8, 4) is 0 Å². The van der Waals surface area contributed by atoms with Gasteiger partial charge in [0.2, 0.25) is 0 Å². The molecule has 0 saturated heterocycles. The van der Waals surface area contributed by atoms with E-state index in [1.807, 2.05) is 6.92 Å². The van der Waals surface area contributed by atoms with Gasteiger partial charge in [-0.15, -0.1) is 0 Å². The van der Waals surface area contributed by atoms with Crippen molar-refractivity contribution in [1.29, 1.82) is 0 Å². The molecule has 1 N–H and O–H groups in total. The minimum Gasteiger partial charge on any atom is -0.378 e. The summed E-state index contributed by atoms with van der Waals surface area (Å²) < 4.78 is 29.6. The van der Waals surface area contributed by atoms with Crippen LogP contribution in [0.5, 0.6) is 0 Å². The van der Waals surface area contributed by atoms with Crippen LogP contribution in [0.15, 0.2) is 117 Å². The summed E-state index contributed by atoms with van der Waals surface area (Å²) in [5.74, 6) is 0. The lowest BCUT2D eigenvalue weighted by Gasteiger charge is -2.16. The van der Waals surface area contributed by atoms with Crippen LogP contribution in [0.3, 0.4) is 0 Å². The van der Waals surface area contributed by atoms with Crippen LogP contribution >= 0.6 is 0 Å². The van der Waals surface area contributed by atoms with Gasteiger partial charge in [0.25, 0.3) is 10.1 Å². The van der Waals surface area contributed by atoms with E-state index in [9.17, 15) is 8.42 Å². The van der Waals surface area contributed by atoms with Crippen molar-refractivity contribution < 1.29 is 13.0 Å². The number of aryl methyl sites for hydroxylation is 1. The third-order valence-corrected chi connectivity index (χ3v) is 9.18. The van der Waals surface area contributed by atoms with E-state index in [-0.39, 0.29) is 15.8 Å². The highest BCUT2D eigenvalue weighted by Crippen LogP contribution is 2.34. The summed E-state index contributed by atoms with van der Waals surface area (Å²) in [6.45, 7) is 1.84. The van der Waals surface area contributed by atoms with Gasteiger partial charge in [-0.3, -0.25) is 4.55 Å². The van der Waals surface area contributed by atoms with Crippen molar-refractivity contribution in [2.45, 2.75) is 26.5 Å². The molecule has 0 spiro atoms. The molecule has 0 saturated carbocycles. The highest BCUT2D eigenvalue weighted by atomic mass is 32.2.